The van der Waals surface area contributed by atoms with Crippen LogP contribution in [0.25, 0.3) is 0 Å². The van der Waals surface area contributed by atoms with Crippen LogP contribution in [-0.2, 0) is 33.3 Å². The molecule has 11 nitrogen and oxygen atoms in total. The van der Waals surface area contributed by atoms with Gasteiger partial charge in [0.1, 0.15) is 12.7 Å². The van der Waals surface area contributed by atoms with Crippen molar-refractivity contribution in [2.24, 2.45) is 0 Å². The van der Waals surface area contributed by atoms with Crippen molar-refractivity contribution in [3.05, 3.63) is 32.9 Å². The lowest BCUT2D eigenvalue weighted by Crippen LogP contribution is -2.59. The van der Waals surface area contributed by atoms with Crippen molar-refractivity contribution in [1.29, 1.82) is 0 Å². The summed E-state index contributed by atoms with van der Waals surface area (Å²) in [5, 5.41) is 0. The number of carbonyl (C=O) groups is 3. The summed E-state index contributed by atoms with van der Waals surface area (Å²) in [7, 11) is 0. The number of rotatable bonds is 5. The predicted molar refractivity (Wildman–Crippen MR) is 87.8 cm³/mol. The summed E-state index contributed by atoms with van der Waals surface area (Å²) in [6.07, 6.45) is -8.52. The molecule has 0 radical (unpaired) electrons. The standard InChI is InChI=1S/C16H18F2N2O9/c1-6(21)26-5-10-12(27-7(2)22)11(18)13(28-8(3)23)15(29-10)20-4-9(17)14(24)19-16(20)25/h4,10-13,15H,5H2,1-3H3,(H,19,24,25)/t10-,11+,12-,13-,15-/m1/s1. The van der Waals surface area contributed by atoms with Crippen molar-refractivity contribution in [3.63, 3.8) is 0 Å². The van der Waals surface area contributed by atoms with Gasteiger partial charge < -0.3 is 18.9 Å². The van der Waals surface area contributed by atoms with E-state index < -0.39 is 72.3 Å². The highest BCUT2D eigenvalue weighted by atomic mass is 19.1. The maximum atomic E-state index is 15.2. The van der Waals surface area contributed by atoms with Crippen LogP contribution in [0.15, 0.2) is 15.8 Å². The van der Waals surface area contributed by atoms with Crippen LogP contribution in [0.3, 0.4) is 0 Å². The fourth-order valence-corrected chi connectivity index (χ4v) is 2.74. The molecule has 1 N–H and O–H groups in total. The minimum absolute atomic E-state index is 0.449. The van der Waals surface area contributed by atoms with E-state index in [1.165, 1.54) is 0 Å². The molecule has 13 heteroatoms. The van der Waals surface area contributed by atoms with E-state index >= 15 is 4.39 Å². The molecule has 0 aromatic carbocycles. The molecule has 2 heterocycles. The Kier molecular flexibility index (Phi) is 6.84. The number of hydrogen-bond acceptors (Lipinski definition) is 9. The minimum atomic E-state index is -2.25. The molecule has 29 heavy (non-hydrogen) atoms. The minimum Gasteiger partial charge on any atom is -0.463 e. The smallest absolute Gasteiger partial charge is 0.330 e. The quantitative estimate of drug-likeness (QED) is 0.485. The van der Waals surface area contributed by atoms with Gasteiger partial charge in [0, 0.05) is 20.8 Å². The topological polar surface area (TPSA) is 143 Å². The van der Waals surface area contributed by atoms with Crippen LogP contribution in [0.4, 0.5) is 8.78 Å². The highest BCUT2D eigenvalue weighted by molar-refractivity contribution is 5.67. The van der Waals surface area contributed by atoms with E-state index in [1.54, 1.807) is 4.98 Å². The predicted octanol–water partition coefficient (Wildman–Crippen LogP) is -0.662. The van der Waals surface area contributed by atoms with Crippen molar-refractivity contribution in [2.45, 2.75) is 51.5 Å². The van der Waals surface area contributed by atoms with Gasteiger partial charge in [0.2, 0.25) is 5.82 Å². The maximum Gasteiger partial charge on any atom is 0.330 e. The summed E-state index contributed by atoms with van der Waals surface area (Å²) >= 11 is 0. The molecule has 1 aliphatic rings. The first kappa shape index (κ1) is 22.2. The molecule has 1 aromatic rings. The number of aromatic amines is 1. The van der Waals surface area contributed by atoms with Gasteiger partial charge in [0.15, 0.2) is 24.6 Å². The first-order valence-electron chi connectivity index (χ1n) is 8.29. The number of aromatic nitrogens is 2. The van der Waals surface area contributed by atoms with Crippen LogP contribution in [-0.4, -0.2) is 58.5 Å². The van der Waals surface area contributed by atoms with Gasteiger partial charge in [-0.25, -0.2) is 9.18 Å². The van der Waals surface area contributed by atoms with Crippen molar-refractivity contribution in [3.8, 4) is 0 Å². The van der Waals surface area contributed by atoms with E-state index in [0.717, 1.165) is 20.8 Å². The molecular weight excluding hydrogens is 402 g/mol. The van der Waals surface area contributed by atoms with Crippen LogP contribution in [0.2, 0.25) is 0 Å². The van der Waals surface area contributed by atoms with Crippen molar-refractivity contribution in [2.75, 3.05) is 6.61 Å². The lowest BCUT2D eigenvalue weighted by Gasteiger charge is -2.42. The molecule has 1 aliphatic heterocycles. The molecular formula is C16H18F2N2O9. The number of carbonyl (C=O) groups excluding carboxylic acids is 3. The molecule has 0 amide bonds. The zero-order valence-corrected chi connectivity index (χ0v) is 15.5. The van der Waals surface area contributed by atoms with Gasteiger partial charge in [0.05, 0.1) is 6.20 Å². The molecule has 160 valence electrons. The number of esters is 3. The van der Waals surface area contributed by atoms with E-state index in [-0.39, 0.29) is 0 Å². The van der Waals surface area contributed by atoms with Gasteiger partial charge in [-0.05, 0) is 0 Å². The Morgan fingerprint density at radius 3 is 2.24 bits per heavy atom. The van der Waals surface area contributed by atoms with Crippen LogP contribution in [0, 0.1) is 5.82 Å². The van der Waals surface area contributed by atoms with Crippen LogP contribution >= 0.6 is 0 Å². The van der Waals surface area contributed by atoms with Crippen LogP contribution < -0.4 is 11.2 Å². The van der Waals surface area contributed by atoms with Gasteiger partial charge >= 0.3 is 23.6 Å². The summed E-state index contributed by atoms with van der Waals surface area (Å²) in [6.45, 7) is 2.42. The molecule has 0 saturated carbocycles. The molecule has 1 aromatic heterocycles. The zero-order chi connectivity index (χ0) is 21.9. The Morgan fingerprint density at radius 2 is 1.69 bits per heavy atom. The normalized spacial score (nSPS) is 26.4. The van der Waals surface area contributed by atoms with Crippen LogP contribution in [0.5, 0.6) is 0 Å². The summed E-state index contributed by atoms with van der Waals surface area (Å²) in [4.78, 5) is 58.9. The second-order valence-corrected chi connectivity index (χ2v) is 6.10. The van der Waals surface area contributed by atoms with Gasteiger partial charge in [-0.3, -0.25) is 28.7 Å². The summed E-state index contributed by atoms with van der Waals surface area (Å²) < 4.78 is 49.4. The van der Waals surface area contributed by atoms with E-state index in [2.05, 4.69) is 0 Å². The Bertz CT molecular complexity index is 910. The molecule has 1 fully saturated rings. The third-order valence-electron chi connectivity index (χ3n) is 3.84. The number of nitrogens with one attached hydrogen (secondary N) is 1. The van der Waals surface area contributed by atoms with Crippen molar-refractivity contribution in [1.82, 2.24) is 9.55 Å². The average Bonchev–Trinajstić information content (AvgIpc) is 2.60. The summed E-state index contributed by atoms with van der Waals surface area (Å²) in [6, 6.07) is 0. The molecule has 0 unspecified atom stereocenters. The Labute approximate surface area is 161 Å². The molecule has 5 atom stereocenters. The number of alkyl halides is 1. The summed E-state index contributed by atoms with van der Waals surface area (Å²) in [5.41, 5.74) is -2.50. The third kappa shape index (κ3) is 5.25. The number of nitrogens with zero attached hydrogens (tertiary/aromatic N) is 1. The second kappa shape index (κ2) is 8.94. The van der Waals surface area contributed by atoms with Gasteiger partial charge in [-0.1, -0.05) is 0 Å². The molecule has 0 bridgehead atoms. The molecule has 0 spiro atoms. The summed E-state index contributed by atoms with van der Waals surface area (Å²) in [5.74, 6) is -4.01. The zero-order valence-electron chi connectivity index (χ0n) is 15.5. The highest BCUT2D eigenvalue weighted by Gasteiger charge is 2.51. The van der Waals surface area contributed by atoms with Crippen LogP contribution in [0.1, 0.15) is 27.0 Å². The number of H-pyrrole nitrogens is 1. The van der Waals surface area contributed by atoms with Gasteiger partial charge in [0.25, 0.3) is 5.56 Å². The first-order valence-corrected chi connectivity index (χ1v) is 8.29. The van der Waals surface area contributed by atoms with E-state index in [9.17, 15) is 28.4 Å². The monoisotopic (exact) mass is 420 g/mol. The van der Waals surface area contributed by atoms with Gasteiger partial charge in [-0.2, -0.15) is 4.39 Å². The Morgan fingerprint density at radius 1 is 1.10 bits per heavy atom. The Hall–Kier alpha value is -3.09. The first-order chi connectivity index (χ1) is 13.5. The van der Waals surface area contributed by atoms with Crippen molar-refractivity contribution >= 4 is 17.9 Å². The second-order valence-electron chi connectivity index (χ2n) is 6.10. The molecule has 0 aliphatic carbocycles. The van der Waals surface area contributed by atoms with E-state index in [4.69, 9.17) is 18.9 Å². The number of halogens is 2. The fourth-order valence-electron chi connectivity index (χ4n) is 2.74. The van der Waals surface area contributed by atoms with Gasteiger partial charge in [-0.15, -0.1) is 0 Å². The highest BCUT2D eigenvalue weighted by Crippen LogP contribution is 2.33. The van der Waals surface area contributed by atoms with Crippen molar-refractivity contribution < 1.29 is 42.1 Å². The average molecular weight is 420 g/mol. The Balaban J connectivity index is 2.51. The maximum absolute atomic E-state index is 15.2. The lowest BCUT2D eigenvalue weighted by atomic mass is 9.98. The lowest BCUT2D eigenvalue weighted by molar-refractivity contribution is -0.252. The number of hydrogen-bond donors (Lipinski definition) is 1. The van der Waals surface area contributed by atoms with E-state index in [1.807, 2.05) is 0 Å². The SMILES string of the molecule is CC(=O)OC[C@H]1O[C@@H](n2cc(F)c(=O)[nH]c2=O)[C@H](OC(C)=O)[C@@H](F)[C@@H]1OC(C)=O. The molecule has 1 saturated heterocycles. The number of ether oxygens (including phenoxy) is 4. The fraction of sp³-hybridized carbons (Fsp3) is 0.562. The third-order valence-corrected chi connectivity index (χ3v) is 3.84. The van der Waals surface area contributed by atoms with E-state index in [0.29, 0.717) is 10.8 Å². The largest absolute Gasteiger partial charge is 0.463 e. The molecule has 2 rings (SSSR count).